The van der Waals surface area contributed by atoms with Crippen LogP contribution in [-0.2, 0) is 23.9 Å². The van der Waals surface area contributed by atoms with Crippen LogP contribution in [0.1, 0.15) is 53.9 Å². The highest BCUT2D eigenvalue weighted by atomic mass is 16.6. The van der Waals surface area contributed by atoms with Gasteiger partial charge in [0.05, 0.1) is 30.8 Å². The molecule has 3 aliphatic rings. The second-order valence-electron chi connectivity index (χ2n) is 8.88. The van der Waals surface area contributed by atoms with E-state index in [4.69, 9.17) is 9.47 Å². The molecule has 3 rings (SSSR count). The van der Waals surface area contributed by atoms with Crippen LogP contribution in [0.3, 0.4) is 0 Å². The number of ether oxygens (including phenoxy) is 2. The predicted molar refractivity (Wildman–Crippen MR) is 105 cm³/mol. The van der Waals surface area contributed by atoms with Crippen molar-refractivity contribution in [2.45, 2.75) is 77.2 Å². The van der Waals surface area contributed by atoms with Crippen LogP contribution in [0.4, 0.5) is 0 Å². The number of aliphatic hydroxyl groups is 1. The molecule has 3 heterocycles. The summed E-state index contributed by atoms with van der Waals surface area (Å²) in [5.41, 5.74) is -1.94. The highest BCUT2D eigenvalue weighted by Gasteiger charge is 2.80. The summed E-state index contributed by atoms with van der Waals surface area (Å²) in [4.78, 5) is 41.1. The summed E-state index contributed by atoms with van der Waals surface area (Å²) in [7, 11) is 0. The van der Waals surface area contributed by atoms with E-state index in [0.717, 1.165) is 12.8 Å². The van der Waals surface area contributed by atoms with Crippen molar-refractivity contribution in [2.24, 2.45) is 17.8 Å². The van der Waals surface area contributed by atoms with Crippen molar-refractivity contribution >= 4 is 17.8 Å². The number of nitrogens with zero attached hydrogens (tertiary/aromatic N) is 1. The summed E-state index contributed by atoms with van der Waals surface area (Å²) in [6.45, 7) is 9.77. The maximum Gasteiger partial charge on any atom is 0.312 e. The number of unbranched alkanes of at least 4 members (excludes halogenated alkanes) is 1. The van der Waals surface area contributed by atoms with E-state index in [2.05, 4.69) is 5.32 Å². The number of hydrogen-bond acceptors (Lipinski definition) is 6. The van der Waals surface area contributed by atoms with Crippen LogP contribution in [0.15, 0.2) is 0 Å². The second kappa shape index (κ2) is 7.87. The molecule has 0 aliphatic carbocycles. The molecule has 0 aromatic heterocycles. The molecule has 29 heavy (non-hydrogen) atoms. The third kappa shape index (κ3) is 3.06. The largest absolute Gasteiger partial charge is 0.466 e. The summed E-state index contributed by atoms with van der Waals surface area (Å²) < 4.78 is 11.8. The highest BCUT2D eigenvalue weighted by Crippen LogP contribution is 2.65. The van der Waals surface area contributed by atoms with Gasteiger partial charge in [-0.05, 0) is 39.5 Å². The van der Waals surface area contributed by atoms with Crippen LogP contribution >= 0.6 is 0 Å². The lowest BCUT2D eigenvalue weighted by molar-refractivity contribution is -0.162. The van der Waals surface area contributed by atoms with E-state index in [1.165, 1.54) is 4.90 Å². The molecule has 1 spiro atoms. The van der Waals surface area contributed by atoms with Crippen LogP contribution in [0, 0.1) is 17.8 Å². The Labute approximate surface area is 172 Å². The van der Waals surface area contributed by atoms with E-state index in [0.29, 0.717) is 13.0 Å². The van der Waals surface area contributed by atoms with Gasteiger partial charge in [0.15, 0.2) is 0 Å². The molecule has 8 heteroatoms. The van der Waals surface area contributed by atoms with E-state index in [9.17, 15) is 19.5 Å². The molecule has 8 nitrogen and oxygen atoms in total. The molecule has 7 atom stereocenters. The van der Waals surface area contributed by atoms with Crippen molar-refractivity contribution in [1.29, 1.82) is 0 Å². The second-order valence-corrected chi connectivity index (χ2v) is 8.88. The molecule has 164 valence electrons. The summed E-state index contributed by atoms with van der Waals surface area (Å²) >= 11 is 0. The number of fused-ring (bicyclic) bond motifs is 1. The fourth-order valence-corrected chi connectivity index (χ4v) is 5.61. The van der Waals surface area contributed by atoms with Crippen LogP contribution in [0.25, 0.3) is 0 Å². The van der Waals surface area contributed by atoms with Crippen molar-refractivity contribution < 1.29 is 29.0 Å². The monoisotopic (exact) mass is 410 g/mol. The van der Waals surface area contributed by atoms with Gasteiger partial charge in [-0.2, -0.15) is 0 Å². The van der Waals surface area contributed by atoms with Crippen LogP contribution in [-0.4, -0.2) is 70.8 Å². The lowest BCUT2D eigenvalue weighted by atomic mass is 9.62. The van der Waals surface area contributed by atoms with Gasteiger partial charge in [-0.25, -0.2) is 0 Å². The van der Waals surface area contributed by atoms with Crippen molar-refractivity contribution in [2.75, 3.05) is 19.8 Å². The van der Waals surface area contributed by atoms with E-state index in [-0.39, 0.29) is 30.9 Å². The van der Waals surface area contributed by atoms with Gasteiger partial charge in [-0.15, -0.1) is 0 Å². The number of carbonyl (C=O) groups is 3. The predicted octanol–water partition coefficient (Wildman–Crippen LogP) is 0.857. The van der Waals surface area contributed by atoms with Gasteiger partial charge in [0, 0.05) is 6.54 Å². The molecule has 3 unspecified atom stereocenters. The van der Waals surface area contributed by atoms with Gasteiger partial charge in [-0.3, -0.25) is 14.4 Å². The number of amides is 2. The zero-order valence-corrected chi connectivity index (χ0v) is 18.1. The molecule has 3 aliphatic heterocycles. The third-order valence-electron chi connectivity index (χ3n) is 7.11. The third-order valence-corrected chi connectivity index (χ3v) is 7.11. The van der Waals surface area contributed by atoms with Crippen LogP contribution in [0.5, 0.6) is 0 Å². The zero-order valence-electron chi connectivity index (χ0n) is 18.1. The van der Waals surface area contributed by atoms with Crippen molar-refractivity contribution in [3.63, 3.8) is 0 Å². The summed E-state index contributed by atoms with van der Waals surface area (Å²) in [5.74, 6) is -2.60. The first-order valence-electron chi connectivity index (χ1n) is 10.8. The van der Waals surface area contributed by atoms with Gasteiger partial charge in [0.25, 0.3) is 0 Å². The zero-order chi connectivity index (χ0) is 21.6. The molecule has 0 saturated carbocycles. The number of nitrogens with one attached hydrogen (secondary N) is 1. The Morgan fingerprint density at radius 1 is 1.41 bits per heavy atom. The lowest BCUT2D eigenvalue weighted by Crippen LogP contribution is -2.57. The van der Waals surface area contributed by atoms with Gasteiger partial charge in [-0.1, -0.05) is 20.3 Å². The molecular formula is C21H34N2O6. The standard InChI is InChI=1S/C21H34N2O6/c1-6-8-9-22-17(25)16-21-10-12(3)20(5,29-21)15(19(27)28-7-2)14(21)18(26)23(16)13(4)11-24/h12-16,24H,6-11H2,1-5H3,(H,22,25)/t12?,13-,14+,15-,16?,20+,21?/m1/s1. The van der Waals surface area contributed by atoms with Gasteiger partial charge >= 0.3 is 5.97 Å². The first kappa shape index (κ1) is 22.0. The SMILES string of the molecule is CCCCNC(=O)C1N([C@H](C)CO)C(=O)[C@@H]2[C@H](C(=O)OCC)[C@@]3(C)OC12CC3C. The molecule has 3 fully saturated rings. The van der Waals surface area contributed by atoms with Gasteiger partial charge < -0.3 is 24.8 Å². The molecule has 2 bridgehead atoms. The molecule has 3 saturated heterocycles. The molecule has 0 radical (unpaired) electrons. The number of likely N-dealkylation sites (tertiary alicyclic amines) is 1. The number of hydrogen-bond donors (Lipinski definition) is 2. The Morgan fingerprint density at radius 2 is 2.10 bits per heavy atom. The van der Waals surface area contributed by atoms with E-state index in [1.807, 2.05) is 20.8 Å². The molecule has 2 N–H and O–H groups in total. The summed E-state index contributed by atoms with van der Waals surface area (Å²) in [6, 6.07) is -1.43. The smallest absolute Gasteiger partial charge is 0.312 e. The van der Waals surface area contributed by atoms with E-state index in [1.54, 1.807) is 13.8 Å². The van der Waals surface area contributed by atoms with Crippen molar-refractivity contribution in [3.05, 3.63) is 0 Å². The molecule has 0 aromatic carbocycles. The fourth-order valence-electron chi connectivity index (χ4n) is 5.61. The fraction of sp³-hybridized carbons (Fsp3) is 0.857. The van der Waals surface area contributed by atoms with Gasteiger partial charge in [0.2, 0.25) is 11.8 Å². The Hall–Kier alpha value is -1.67. The topological polar surface area (TPSA) is 105 Å². The number of aliphatic hydroxyl groups excluding tert-OH is 1. The van der Waals surface area contributed by atoms with Crippen LogP contribution in [0.2, 0.25) is 0 Å². The van der Waals surface area contributed by atoms with Gasteiger partial charge in [0.1, 0.15) is 17.6 Å². The molecule has 2 amide bonds. The minimum atomic E-state index is -1.08. The quantitative estimate of drug-likeness (QED) is 0.454. The normalized spacial score (nSPS) is 38.8. The van der Waals surface area contributed by atoms with Crippen molar-refractivity contribution in [3.8, 4) is 0 Å². The van der Waals surface area contributed by atoms with E-state index < -0.39 is 41.1 Å². The lowest BCUT2D eigenvalue weighted by Gasteiger charge is -2.36. The first-order chi connectivity index (χ1) is 13.7. The Balaban J connectivity index is 2.05. The summed E-state index contributed by atoms with van der Waals surface area (Å²) in [5, 5.41) is 12.7. The number of esters is 1. The summed E-state index contributed by atoms with van der Waals surface area (Å²) in [6.07, 6.45) is 2.28. The van der Waals surface area contributed by atoms with Crippen molar-refractivity contribution in [1.82, 2.24) is 10.2 Å². The average molecular weight is 411 g/mol. The minimum absolute atomic E-state index is 0.0173. The maximum absolute atomic E-state index is 13.5. The number of rotatable bonds is 8. The number of carbonyl (C=O) groups excluding carboxylic acids is 3. The van der Waals surface area contributed by atoms with E-state index >= 15 is 0 Å². The molecular weight excluding hydrogens is 376 g/mol. The average Bonchev–Trinajstić information content (AvgIpc) is 3.18. The Bertz CT molecular complexity index is 684. The first-order valence-corrected chi connectivity index (χ1v) is 10.8. The maximum atomic E-state index is 13.5. The minimum Gasteiger partial charge on any atom is -0.466 e. The Kier molecular flexibility index (Phi) is 5.98. The van der Waals surface area contributed by atoms with Crippen LogP contribution < -0.4 is 5.32 Å². The molecule has 0 aromatic rings. The highest BCUT2D eigenvalue weighted by molar-refractivity contribution is 5.98. The Morgan fingerprint density at radius 3 is 2.69 bits per heavy atom.